The van der Waals surface area contributed by atoms with E-state index in [2.05, 4.69) is 15.6 Å². The highest BCUT2D eigenvalue weighted by atomic mass is 32.2. The number of hydrogen-bond acceptors (Lipinski definition) is 7. The number of nitrogens with one attached hydrogen (secondary N) is 2. The first-order chi connectivity index (χ1) is 17.3. The van der Waals surface area contributed by atoms with Gasteiger partial charge in [-0.05, 0) is 48.8 Å². The van der Waals surface area contributed by atoms with Crippen LogP contribution in [-0.2, 0) is 19.6 Å². The fourth-order valence-corrected chi connectivity index (χ4v) is 6.89. The van der Waals surface area contributed by atoms with Crippen molar-refractivity contribution in [3.8, 4) is 0 Å². The van der Waals surface area contributed by atoms with Gasteiger partial charge >= 0.3 is 0 Å². The Kier molecular flexibility index (Phi) is 8.86. The Morgan fingerprint density at radius 3 is 2.58 bits per heavy atom. The van der Waals surface area contributed by atoms with Crippen LogP contribution in [0.3, 0.4) is 0 Å². The number of amides is 2. The Balaban J connectivity index is 1.43. The second-order valence-corrected chi connectivity index (χ2v) is 12.3. The minimum Gasteiger partial charge on any atom is -0.344 e. The highest BCUT2D eigenvalue weighted by molar-refractivity contribution is 7.89. The van der Waals surface area contributed by atoms with Crippen molar-refractivity contribution in [1.29, 1.82) is 0 Å². The molecule has 2 aromatic heterocycles. The van der Waals surface area contributed by atoms with E-state index in [9.17, 15) is 22.8 Å². The molecule has 0 spiro atoms. The topological polar surface area (TPSA) is 126 Å². The fourth-order valence-electron chi connectivity index (χ4n) is 4.88. The molecular weight excluding hydrogens is 500 g/mol. The third kappa shape index (κ3) is 6.57. The van der Waals surface area contributed by atoms with Crippen LogP contribution in [0.25, 0.3) is 0 Å². The molecule has 4 rings (SSSR count). The number of carbonyl (C=O) groups excluding carboxylic acids is 3. The van der Waals surface area contributed by atoms with Gasteiger partial charge < -0.3 is 10.6 Å². The van der Waals surface area contributed by atoms with E-state index in [1.54, 1.807) is 29.6 Å². The van der Waals surface area contributed by atoms with E-state index >= 15 is 0 Å². The first-order valence-corrected chi connectivity index (χ1v) is 14.7. The molecule has 0 aromatic carbocycles. The molecule has 0 unspecified atom stereocenters. The molecule has 2 amide bonds. The molecule has 2 aliphatic rings. The third-order valence-electron chi connectivity index (χ3n) is 6.84. The molecule has 0 radical (unpaired) electrons. The number of hydrogen-bond donors (Lipinski definition) is 2. The number of rotatable bonds is 8. The van der Waals surface area contributed by atoms with Crippen LogP contribution in [-0.4, -0.2) is 60.5 Å². The number of ketones is 1. The largest absolute Gasteiger partial charge is 0.344 e. The van der Waals surface area contributed by atoms with Gasteiger partial charge in [-0.1, -0.05) is 44.2 Å². The maximum Gasteiger partial charge on any atom is 0.261 e. The van der Waals surface area contributed by atoms with E-state index in [-0.39, 0.29) is 29.8 Å². The summed E-state index contributed by atoms with van der Waals surface area (Å²) < 4.78 is 27.0. The molecule has 11 heteroatoms. The molecule has 1 aliphatic heterocycles. The molecule has 0 bridgehead atoms. The summed E-state index contributed by atoms with van der Waals surface area (Å²) in [5.41, 5.74) is 0. The van der Waals surface area contributed by atoms with Crippen molar-refractivity contribution in [1.82, 2.24) is 19.9 Å². The Labute approximate surface area is 215 Å². The van der Waals surface area contributed by atoms with Crippen LogP contribution >= 0.6 is 11.3 Å². The number of Topliss-reactive ketones (excluding diaryl/α,β-unsaturated/α-hetero) is 1. The standard InChI is InChI=1S/C25H32N4O5S2/c30-21-17-29(36(33,34)23-12-4-5-13-26-23)14-6-10-19(21)27-24(31)20(16-18-8-2-1-3-9-18)28-25(32)22-11-7-15-35-22/h4-5,7,11-13,15,18-20H,1-3,6,8-10,14,16-17H2,(H,27,31)(H,28,32)/t19-,20+/m1/s1. The van der Waals surface area contributed by atoms with Crippen molar-refractivity contribution in [3.05, 3.63) is 46.8 Å². The predicted molar refractivity (Wildman–Crippen MR) is 136 cm³/mol. The summed E-state index contributed by atoms with van der Waals surface area (Å²) in [6.07, 6.45) is 8.09. The molecule has 2 fully saturated rings. The van der Waals surface area contributed by atoms with Gasteiger partial charge in [0, 0.05) is 12.7 Å². The van der Waals surface area contributed by atoms with Gasteiger partial charge in [-0.2, -0.15) is 4.31 Å². The SMILES string of the molecule is O=C(N[C@@H](CC1CCCCC1)C(=O)N[C@@H]1CCCN(S(=O)(=O)c2ccccn2)CC1=O)c1cccs1. The van der Waals surface area contributed by atoms with Crippen molar-refractivity contribution >= 4 is 39.0 Å². The highest BCUT2D eigenvalue weighted by Gasteiger charge is 2.35. The van der Waals surface area contributed by atoms with Crippen LogP contribution in [0.1, 0.15) is 61.0 Å². The van der Waals surface area contributed by atoms with Crippen LogP contribution in [0.2, 0.25) is 0 Å². The van der Waals surface area contributed by atoms with Crippen LogP contribution in [0.5, 0.6) is 0 Å². The van der Waals surface area contributed by atoms with Crippen molar-refractivity contribution in [2.24, 2.45) is 5.92 Å². The monoisotopic (exact) mass is 532 g/mol. The van der Waals surface area contributed by atoms with Crippen molar-refractivity contribution in [2.45, 2.75) is 68.5 Å². The zero-order valence-electron chi connectivity index (χ0n) is 20.1. The van der Waals surface area contributed by atoms with Crippen LogP contribution < -0.4 is 10.6 Å². The van der Waals surface area contributed by atoms with Crippen LogP contribution in [0, 0.1) is 5.92 Å². The number of pyridine rings is 1. The molecule has 1 saturated carbocycles. The quantitative estimate of drug-likeness (QED) is 0.539. The second kappa shape index (κ2) is 12.1. The molecule has 9 nitrogen and oxygen atoms in total. The number of aromatic nitrogens is 1. The summed E-state index contributed by atoms with van der Waals surface area (Å²) in [5, 5.41) is 7.40. The van der Waals surface area contributed by atoms with E-state index in [4.69, 9.17) is 0 Å². The zero-order valence-corrected chi connectivity index (χ0v) is 21.7. The summed E-state index contributed by atoms with van der Waals surface area (Å²) in [7, 11) is -3.91. The lowest BCUT2D eigenvalue weighted by molar-refractivity contribution is -0.129. The highest BCUT2D eigenvalue weighted by Crippen LogP contribution is 2.28. The first kappa shape index (κ1) is 26.4. The number of thiophene rings is 1. The van der Waals surface area contributed by atoms with Crippen molar-refractivity contribution in [3.63, 3.8) is 0 Å². The third-order valence-corrected chi connectivity index (χ3v) is 9.47. The lowest BCUT2D eigenvalue weighted by Gasteiger charge is -2.27. The Morgan fingerprint density at radius 2 is 1.89 bits per heavy atom. The van der Waals surface area contributed by atoms with Crippen LogP contribution in [0.15, 0.2) is 46.9 Å². The van der Waals surface area contributed by atoms with E-state index in [1.807, 2.05) is 0 Å². The Bertz CT molecular complexity index is 1150. The molecule has 1 aliphatic carbocycles. The van der Waals surface area contributed by atoms with Gasteiger partial charge in [0.25, 0.3) is 15.9 Å². The van der Waals surface area contributed by atoms with Crippen molar-refractivity contribution in [2.75, 3.05) is 13.1 Å². The van der Waals surface area contributed by atoms with E-state index in [0.717, 1.165) is 30.0 Å². The number of sulfonamides is 1. The van der Waals surface area contributed by atoms with E-state index < -0.39 is 28.0 Å². The molecule has 1 saturated heterocycles. The molecule has 2 N–H and O–H groups in total. The molecule has 3 heterocycles. The molecule has 2 aromatic rings. The molecule has 36 heavy (non-hydrogen) atoms. The Hall–Kier alpha value is -2.63. The lowest BCUT2D eigenvalue weighted by Crippen LogP contribution is -2.52. The average Bonchev–Trinajstić information content (AvgIpc) is 3.36. The lowest BCUT2D eigenvalue weighted by atomic mass is 9.84. The average molecular weight is 533 g/mol. The smallest absolute Gasteiger partial charge is 0.261 e. The first-order valence-electron chi connectivity index (χ1n) is 12.4. The van der Waals surface area contributed by atoms with Gasteiger partial charge in [-0.15, -0.1) is 11.3 Å². The summed E-state index contributed by atoms with van der Waals surface area (Å²) in [6.45, 7) is -0.170. The number of nitrogens with zero attached hydrogens (tertiary/aromatic N) is 2. The van der Waals surface area contributed by atoms with Gasteiger partial charge in [-0.25, -0.2) is 13.4 Å². The van der Waals surface area contributed by atoms with Gasteiger partial charge in [0.1, 0.15) is 6.04 Å². The van der Waals surface area contributed by atoms with Crippen LogP contribution in [0.4, 0.5) is 0 Å². The second-order valence-electron chi connectivity index (χ2n) is 9.42. The molecule has 2 atom stereocenters. The minimum absolute atomic E-state index is 0.107. The van der Waals surface area contributed by atoms with Crippen molar-refractivity contribution < 1.29 is 22.8 Å². The zero-order chi connectivity index (χ0) is 25.5. The van der Waals surface area contributed by atoms with Gasteiger partial charge in [0.05, 0.1) is 17.5 Å². The molecule has 194 valence electrons. The minimum atomic E-state index is -3.91. The normalized spacial score (nSPS) is 20.9. The number of carbonyl (C=O) groups is 3. The van der Waals surface area contributed by atoms with Gasteiger partial charge in [-0.3, -0.25) is 14.4 Å². The maximum atomic E-state index is 13.3. The fraction of sp³-hybridized carbons (Fsp3) is 0.520. The summed E-state index contributed by atoms with van der Waals surface area (Å²) >= 11 is 1.30. The Morgan fingerprint density at radius 1 is 1.08 bits per heavy atom. The maximum absolute atomic E-state index is 13.3. The van der Waals surface area contributed by atoms with Gasteiger partial charge in [0.15, 0.2) is 10.8 Å². The van der Waals surface area contributed by atoms with E-state index in [1.165, 1.54) is 30.0 Å². The van der Waals surface area contributed by atoms with E-state index in [0.29, 0.717) is 30.1 Å². The summed E-state index contributed by atoms with van der Waals surface area (Å²) in [5.74, 6) is -0.742. The summed E-state index contributed by atoms with van der Waals surface area (Å²) in [6, 6.07) is 6.53. The summed E-state index contributed by atoms with van der Waals surface area (Å²) in [4.78, 5) is 43.6. The molecular formula is C25H32N4O5S2. The predicted octanol–water partition coefficient (Wildman–Crippen LogP) is 2.75. The van der Waals surface area contributed by atoms with Gasteiger partial charge in [0.2, 0.25) is 5.91 Å².